The Morgan fingerprint density at radius 3 is 2.45 bits per heavy atom. The van der Waals surface area contributed by atoms with Crippen molar-refractivity contribution in [2.75, 3.05) is 26.2 Å². The lowest BCUT2D eigenvalue weighted by molar-refractivity contribution is -0.123. The van der Waals surface area contributed by atoms with E-state index in [2.05, 4.69) is 16.0 Å². The minimum Gasteiger partial charge on any atom is -0.353 e. The predicted octanol–water partition coefficient (Wildman–Crippen LogP) is 2.33. The van der Waals surface area contributed by atoms with Crippen molar-refractivity contribution >= 4 is 29.2 Å². The van der Waals surface area contributed by atoms with Gasteiger partial charge in [-0.05, 0) is 42.7 Å². The Morgan fingerprint density at radius 1 is 0.968 bits per heavy atom. The van der Waals surface area contributed by atoms with E-state index in [1.807, 2.05) is 52.7 Å². The van der Waals surface area contributed by atoms with Crippen LogP contribution in [-0.2, 0) is 22.4 Å². The number of carbonyl (C=O) groups is 3. The van der Waals surface area contributed by atoms with Crippen molar-refractivity contribution in [1.82, 2.24) is 20.9 Å². The lowest BCUT2D eigenvalue weighted by Crippen LogP contribution is -2.49. The van der Waals surface area contributed by atoms with Crippen LogP contribution >= 0.6 is 11.3 Å². The number of likely N-dealkylation sites (tertiary alicyclic amines) is 1. The molecule has 0 saturated carbocycles. The Balaban J connectivity index is 1.26. The molecule has 0 bridgehead atoms. The number of piperidine rings is 1. The van der Waals surface area contributed by atoms with Gasteiger partial charge in [0.05, 0.1) is 6.54 Å². The van der Waals surface area contributed by atoms with Gasteiger partial charge < -0.3 is 10.6 Å². The van der Waals surface area contributed by atoms with E-state index in [-0.39, 0.29) is 24.4 Å². The first-order valence-corrected chi connectivity index (χ1v) is 11.6. The lowest BCUT2D eigenvalue weighted by atomic mass is 10.0. The molecule has 4 amide bonds. The summed E-state index contributed by atoms with van der Waals surface area (Å²) in [4.78, 5) is 39.4. The van der Waals surface area contributed by atoms with Crippen LogP contribution in [0.25, 0.3) is 0 Å². The van der Waals surface area contributed by atoms with Crippen molar-refractivity contribution in [1.29, 1.82) is 0 Å². The van der Waals surface area contributed by atoms with Gasteiger partial charge in [-0.15, -0.1) is 11.3 Å². The van der Waals surface area contributed by atoms with Crippen LogP contribution in [0.4, 0.5) is 4.79 Å². The molecule has 2 heterocycles. The quantitative estimate of drug-likeness (QED) is 0.556. The summed E-state index contributed by atoms with van der Waals surface area (Å²) >= 11 is 1.65. The number of amides is 4. The van der Waals surface area contributed by atoms with E-state index in [9.17, 15) is 14.4 Å². The number of nitrogens with zero attached hydrogens (tertiary/aromatic N) is 1. The molecule has 0 spiro atoms. The lowest BCUT2D eigenvalue weighted by Gasteiger charge is -2.31. The number of hydrogen-bond acceptors (Lipinski definition) is 5. The van der Waals surface area contributed by atoms with E-state index in [4.69, 9.17) is 0 Å². The van der Waals surface area contributed by atoms with Crippen molar-refractivity contribution in [3.05, 3.63) is 58.3 Å². The van der Waals surface area contributed by atoms with Crippen LogP contribution in [0.5, 0.6) is 0 Å². The van der Waals surface area contributed by atoms with E-state index in [0.29, 0.717) is 13.0 Å². The standard InChI is InChI=1S/C23H30N4O3S/c28-21(9-8-18-5-2-1-3-6-18)25-19-11-14-27(15-12-19)17-22(29)26-23(30)24-13-10-20-7-4-16-31-20/h1-7,16,19H,8-15,17H2,(H,25,28)(H2,24,26,29,30). The minimum atomic E-state index is -0.456. The third-order valence-electron chi connectivity index (χ3n) is 5.29. The summed E-state index contributed by atoms with van der Waals surface area (Å²) in [6.45, 7) is 2.12. The van der Waals surface area contributed by atoms with Crippen LogP contribution in [-0.4, -0.2) is 55.0 Å². The molecule has 1 aliphatic rings. The maximum Gasteiger partial charge on any atom is 0.321 e. The van der Waals surface area contributed by atoms with Gasteiger partial charge >= 0.3 is 6.03 Å². The average molecular weight is 443 g/mol. The zero-order valence-corrected chi connectivity index (χ0v) is 18.5. The Bertz CT molecular complexity index is 834. The van der Waals surface area contributed by atoms with Gasteiger partial charge in [0.2, 0.25) is 11.8 Å². The maximum atomic E-state index is 12.2. The Kier molecular flexibility index (Phi) is 9.05. The molecule has 3 N–H and O–H groups in total. The summed E-state index contributed by atoms with van der Waals surface area (Å²) in [5.74, 6) is -0.238. The van der Waals surface area contributed by atoms with Gasteiger partial charge in [0, 0.05) is 37.0 Å². The molecular formula is C23H30N4O3S. The molecule has 1 aliphatic heterocycles. The van der Waals surface area contributed by atoms with Crippen molar-refractivity contribution in [2.45, 2.75) is 38.1 Å². The van der Waals surface area contributed by atoms with Crippen LogP contribution in [0.15, 0.2) is 47.8 Å². The number of urea groups is 1. The first-order valence-electron chi connectivity index (χ1n) is 10.7. The highest BCUT2D eigenvalue weighted by atomic mass is 32.1. The fourth-order valence-electron chi connectivity index (χ4n) is 3.61. The number of thiophene rings is 1. The van der Waals surface area contributed by atoms with Gasteiger partial charge in [0.15, 0.2) is 0 Å². The van der Waals surface area contributed by atoms with Crippen LogP contribution in [0.1, 0.15) is 29.7 Å². The molecule has 166 valence electrons. The smallest absolute Gasteiger partial charge is 0.321 e. The van der Waals surface area contributed by atoms with E-state index in [1.54, 1.807) is 11.3 Å². The predicted molar refractivity (Wildman–Crippen MR) is 122 cm³/mol. The van der Waals surface area contributed by atoms with Crippen molar-refractivity contribution in [3.8, 4) is 0 Å². The number of aryl methyl sites for hydroxylation is 1. The summed E-state index contributed by atoms with van der Waals surface area (Å²) in [5.41, 5.74) is 1.16. The number of hydrogen-bond donors (Lipinski definition) is 3. The van der Waals surface area contributed by atoms with Gasteiger partial charge in [-0.1, -0.05) is 36.4 Å². The van der Waals surface area contributed by atoms with Crippen LogP contribution in [0.2, 0.25) is 0 Å². The van der Waals surface area contributed by atoms with Gasteiger partial charge in [-0.2, -0.15) is 0 Å². The molecule has 2 aromatic rings. The second kappa shape index (κ2) is 12.2. The highest BCUT2D eigenvalue weighted by molar-refractivity contribution is 7.09. The molecule has 7 nitrogen and oxygen atoms in total. The van der Waals surface area contributed by atoms with E-state index in [1.165, 1.54) is 4.88 Å². The SMILES string of the molecule is O=C(CN1CCC(NC(=O)CCc2ccccc2)CC1)NC(=O)NCCc1cccs1. The van der Waals surface area contributed by atoms with E-state index in [0.717, 1.165) is 44.3 Å². The Morgan fingerprint density at radius 2 is 1.74 bits per heavy atom. The molecule has 1 fully saturated rings. The number of imide groups is 1. The van der Waals surface area contributed by atoms with Gasteiger partial charge in [-0.3, -0.25) is 19.8 Å². The summed E-state index contributed by atoms with van der Waals surface area (Å²) in [6.07, 6.45) is 3.58. The molecule has 0 radical (unpaired) electrons. The number of rotatable bonds is 9. The number of nitrogens with one attached hydrogen (secondary N) is 3. The van der Waals surface area contributed by atoms with Crippen molar-refractivity contribution in [2.24, 2.45) is 0 Å². The Labute approximate surface area is 187 Å². The second-order valence-electron chi connectivity index (χ2n) is 7.74. The van der Waals surface area contributed by atoms with Crippen LogP contribution in [0.3, 0.4) is 0 Å². The first kappa shape index (κ1) is 23.0. The summed E-state index contributed by atoms with van der Waals surface area (Å²) in [5, 5.41) is 10.2. The average Bonchev–Trinajstić information content (AvgIpc) is 3.28. The Hall–Kier alpha value is -2.71. The molecule has 3 rings (SSSR count). The second-order valence-corrected chi connectivity index (χ2v) is 8.77. The van der Waals surface area contributed by atoms with Crippen LogP contribution in [0, 0.1) is 0 Å². The molecule has 31 heavy (non-hydrogen) atoms. The highest BCUT2D eigenvalue weighted by Crippen LogP contribution is 2.11. The molecule has 0 unspecified atom stereocenters. The van der Waals surface area contributed by atoms with E-state index >= 15 is 0 Å². The molecule has 8 heteroatoms. The molecule has 1 saturated heterocycles. The van der Waals surface area contributed by atoms with Crippen molar-refractivity contribution < 1.29 is 14.4 Å². The number of benzene rings is 1. The van der Waals surface area contributed by atoms with Crippen LogP contribution < -0.4 is 16.0 Å². The third-order valence-corrected chi connectivity index (χ3v) is 6.23. The maximum absolute atomic E-state index is 12.2. The highest BCUT2D eigenvalue weighted by Gasteiger charge is 2.22. The summed E-state index contributed by atoms with van der Waals surface area (Å²) < 4.78 is 0. The number of carbonyl (C=O) groups excluding carboxylic acids is 3. The third kappa shape index (κ3) is 8.51. The van der Waals surface area contributed by atoms with Gasteiger partial charge in [0.25, 0.3) is 0 Å². The fraction of sp³-hybridized carbons (Fsp3) is 0.435. The molecule has 1 aromatic heterocycles. The largest absolute Gasteiger partial charge is 0.353 e. The van der Waals surface area contributed by atoms with Gasteiger partial charge in [0.1, 0.15) is 0 Å². The molecular weight excluding hydrogens is 412 g/mol. The van der Waals surface area contributed by atoms with Crippen molar-refractivity contribution in [3.63, 3.8) is 0 Å². The normalized spacial score (nSPS) is 14.7. The monoisotopic (exact) mass is 442 g/mol. The fourth-order valence-corrected chi connectivity index (χ4v) is 4.31. The summed E-state index contributed by atoms with van der Waals surface area (Å²) in [6, 6.07) is 13.7. The molecule has 0 atom stereocenters. The van der Waals surface area contributed by atoms with E-state index < -0.39 is 6.03 Å². The molecule has 0 aliphatic carbocycles. The zero-order chi connectivity index (χ0) is 21.9. The van der Waals surface area contributed by atoms with Gasteiger partial charge in [-0.25, -0.2) is 4.79 Å². The first-order chi connectivity index (χ1) is 15.1. The summed E-state index contributed by atoms with van der Waals surface area (Å²) in [7, 11) is 0. The topological polar surface area (TPSA) is 90.5 Å². The minimum absolute atomic E-state index is 0.0688. The molecule has 1 aromatic carbocycles. The zero-order valence-electron chi connectivity index (χ0n) is 17.6.